The van der Waals surface area contributed by atoms with Crippen molar-refractivity contribution in [3.8, 4) is 0 Å². The summed E-state index contributed by atoms with van der Waals surface area (Å²) in [6.07, 6.45) is -4.50. The second-order valence-corrected chi connectivity index (χ2v) is 4.97. The minimum Gasteiger partial charge on any atom is -0.380 e. The van der Waals surface area contributed by atoms with Gasteiger partial charge >= 0.3 is 6.18 Å². The van der Waals surface area contributed by atoms with Crippen molar-refractivity contribution in [1.82, 2.24) is 4.90 Å². The molecular formula is C13H15BrF3NO2. The molecule has 0 aliphatic rings. The Labute approximate surface area is 123 Å². The molecule has 1 rings (SSSR count). The number of amides is 1. The van der Waals surface area contributed by atoms with E-state index in [-0.39, 0.29) is 10.0 Å². The highest BCUT2D eigenvalue weighted by molar-refractivity contribution is 9.10. The molecule has 0 N–H and O–H groups in total. The van der Waals surface area contributed by atoms with Gasteiger partial charge in [-0.3, -0.25) is 4.79 Å². The van der Waals surface area contributed by atoms with Crippen molar-refractivity contribution >= 4 is 21.8 Å². The predicted octanol–water partition coefficient (Wildman–Crippen LogP) is 3.58. The van der Waals surface area contributed by atoms with Crippen LogP contribution in [0.1, 0.15) is 22.8 Å². The van der Waals surface area contributed by atoms with Gasteiger partial charge in [-0.15, -0.1) is 0 Å². The monoisotopic (exact) mass is 353 g/mol. The number of hydrogen-bond donors (Lipinski definition) is 0. The largest absolute Gasteiger partial charge is 0.417 e. The van der Waals surface area contributed by atoms with Gasteiger partial charge in [-0.05, 0) is 25.1 Å². The number of rotatable bonds is 5. The fourth-order valence-electron chi connectivity index (χ4n) is 1.54. The molecule has 0 saturated heterocycles. The summed E-state index contributed by atoms with van der Waals surface area (Å²) in [6, 6.07) is 3.44. The summed E-state index contributed by atoms with van der Waals surface area (Å²) in [5, 5.41) is 0. The third-order valence-electron chi connectivity index (χ3n) is 2.64. The van der Waals surface area contributed by atoms with Gasteiger partial charge in [-0.1, -0.05) is 15.9 Å². The highest BCUT2D eigenvalue weighted by Crippen LogP contribution is 2.35. The summed E-state index contributed by atoms with van der Waals surface area (Å²) in [4.78, 5) is 13.3. The van der Waals surface area contributed by atoms with Crippen molar-refractivity contribution < 1.29 is 22.7 Å². The average Bonchev–Trinajstić information content (AvgIpc) is 2.37. The average molecular weight is 354 g/mol. The van der Waals surface area contributed by atoms with E-state index < -0.39 is 17.6 Å². The number of benzene rings is 1. The minimum atomic E-state index is -4.50. The van der Waals surface area contributed by atoms with Crippen LogP contribution >= 0.6 is 15.9 Å². The molecular weight excluding hydrogens is 339 g/mol. The van der Waals surface area contributed by atoms with E-state index in [9.17, 15) is 18.0 Å². The van der Waals surface area contributed by atoms with E-state index in [2.05, 4.69) is 15.9 Å². The van der Waals surface area contributed by atoms with Gasteiger partial charge in [0.05, 0.1) is 12.2 Å². The summed E-state index contributed by atoms with van der Waals surface area (Å²) in [6.45, 7) is 3.02. The summed E-state index contributed by atoms with van der Waals surface area (Å²) in [7, 11) is 1.52. The van der Waals surface area contributed by atoms with E-state index in [0.29, 0.717) is 19.8 Å². The van der Waals surface area contributed by atoms with Crippen LogP contribution in [0, 0.1) is 0 Å². The van der Waals surface area contributed by atoms with E-state index in [1.807, 2.05) is 6.92 Å². The molecule has 0 aromatic heterocycles. The van der Waals surface area contributed by atoms with Crippen molar-refractivity contribution in [2.24, 2.45) is 0 Å². The zero-order valence-corrected chi connectivity index (χ0v) is 12.7. The molecule has 0 aliphatic heterocycles. The smallest absolute Gasteiger partial charge is 0.380 e. The van der Waals surface area contributed by atoms with Gasteiger partial charge in [0.1, 0.15) is 0 Å². The maximum atomic E-state index is 12.8. The molecule has 0 bridgehead atoms. The Bertz CT molecular complexity index is 477. The number of hydrogen-bond acceptors (Lipinski definition) is 2. The summed E-state index contributed by atoms with van der Waals surface area (Å²) < 4.78 is 43.3. The first kappa shape index (κ1) is 17.0. The first-order valence-corrected chi connectivity index (χ1v) is 6.76. The van der Waals surface area contributed by atoms with Gasteiger partial charge in [0.15, 0.2) is 0 Å². The predicted molar refractivity (Wildman–Crippen MR) is 72.6 cm³/mol. The first-order valence-electron chi connectivity index (χ1n) is 5.97. The lowest BCUT2D eigenvalue weighted by Crippen LogP contribution is -2.30. The van der Waals surface area contributed by atoms with Crippen LogP contribution in [-0.2, 0) is 10.9 Å². The second kappa shape index (κ2) is 7.08. The lowest BCUT2D eigenvalue weighted by atomic mass is 10.1. The number of ether oxygens (including phenoxy) is 1. The maximum Gasteiger partial charge on any atom is 0.417 e. The van der Waals surface area contributed by atoms with Gasteiger partial charge in [-0.2, -0.15) is 13.2 Å². The van der Waals surface area contributed by atoms with Gasteiger partial charge < -0.3 is 9.64 Å². The second-order valence-electron chi connectivity index (χ2n) is 4.12. The molecule has 1 amide bonds. The first-order chi connectivity index (χ1) is 9.27. The minimum absolute atomic E-state index is 0.000441. The lowest BCUT2D eigenvalue weighted by Gasteiger charge is -2.18. The van der Waals surface area contributed by atoms with E-state index >= 15 is 0 Å². The topological polar surface area (TPSA) is 29.5 Å². The van der Waals surface area contributed by atoms with Crippen LogP contribution in [0.15, 0.2) is 22.7 Å². The molecule has 1 aromatic carbocycles. The SMILES string of the molecule is CCOCCN(C)C(=O)c1ccc(Br)c(C(F)(F)F)c1. The maximum absolute atomic E-state index is 12.8. The molecule has 0 unspecified atom stereocenters. The number of carbonyl (C=O) groups is 1. The van der Waals surface area contributed by atoms with E-state index in [0.717, 1.165) is 6.07 Å². The zero-order valence-electron chi connectivity index (χ0n) is 11.1. The summed E-state index contributed by atoms with van der Waals surface area (Å²) in [5.41, 5.74) is -0.860. The Balaban J connectivity index is 2.89. The molecule has 20 heavy (non-hydrogen) atoms. The molecule has 0 heterocycles. The zero-order chi connectivity index (χ0) is 15.3. The third-order valence-corrected chi connectivity index (χ3v) is 3.33. The van der Waals surface area contributed by atoms with E-state index in [1.165, 1.54) is 24.1 Å². The fraction of sp³-hybridized carbons (Fsp3) is 0.462. The number of alkyl halides is 3. The van der Waals surface area contributed by atoms with Crippen LogP contribution in [0.3, 0.4) is 0 Å². The molecule has 7 heteroatoms. The van der Waals surface area contributed by atoms with Crippen LogP contribution in [-0.4, -0.2) is 37.6 Å². The van der Waals surface area contributed by atoms with Crippen LogP contribution in [0.5, 0.6) is 0 Å². The van der Waals surface area contributed by atoms with Crippen LogP contribution in [0.4, 0.5) is 13.2 Å². The highest BCUT2D eigenvalue weighted by atomic mass is 79.9. The summed E-state index contributed by atoms with van der Waals surface area (Å²) >= 11 is 2.84. The Morgan fingerprint density at radius 1 is 1.40 bits per heavy atom. The van der Waals surface area contributed by atoms with E-state index in [1.54, 1.807) is 0 Å². The van der Waals surface area contributed by atoms with Crippen molar-refractivity contribution in [3.63, 3.8) is 0 Å². The van der Waals surface area contributed by atoms with Crippen LogP contribution < -0.4 is 0 Å². The molecule has 0 saturated carbocycles. The van der Waals surface area contributed by atoms with Gasteiger partial charge in [0.2, 0.25) is 0 Å². The van der Waals surface area contributed by atoms with Crippen molar-refractivity contribution in [3.05, 3.63) is 33.8 Å². The Morgan fingerprint density at radius 3 is 2.60 bits per heavy atom. The van der Waals surface area contributed by atoms with Gasteiger partial charge in [-0.25, -0.2) is 0 Å². The van der Waals surface area contributed by atoms with Crippen molar-refractivity contribution in [1.29, 1.82) is 0 Å². The molecule has 1 aromatic rings. The number of halogens is 4. The Morgan fingerprint density at radius 2 is 2.05 bits per heavy atom. The molecule has 3 nitrogen and oxygen atoms in total. The lowest BCUT2D eigenvalue weighted by molar-refractivity contribution is -0.138. The fourth-order valence-corrected chi connectivity index (χ4v) is 2.01. The van der Waals surface area contributed by atoms with Crippen molar-refractivity contribution in [2.75, 3.05) is 26.8 Å². The number of carbonyl (C=O) groups excluding carboxylic acids is 1. The molecule has 0 fully saturated rings. The Kier molecular flexibility index (Phi) is 6.01. The van der Waals surface area contributed by atoms with Crippen LogP contribution in [0.2, 0.25) is 0 Å². The normalized spacial score (nSPS) is 11.5. The quantitative estimate of drug-likeness (QED) is 0.757. The molecule has 0 radical (unpaired) electrons. The molecule has 0 aliphatic carbocycles. The van der Waals surface area contributed by atoms with Gasteiger partial charge in [0, 0.05) is 30.2 Å². The number of nitrogens with zero attached hydrogens (tertiary/aromatic N) is 1. The van der Waals surface area contributed by atoms with Gasteiger partial charge in [0.25, 0.3) is 5.91 Å². The highest BCUT2D eigenvalue weighted by Gasteiger charge is 2.33. The van der Waals surface area contributed by atoms with Crippen molar-refractivity contribution in [2.45, 2.75) is 13.1 Å². The molecule has 0 spiro atoms. The summed E-state index contributed by atoms with van der Waals surface area (Å²) in [5.74, 6) is -0.470. The third kappa shape index (κ3) is 4.49. The number of likely N-dealkylation sites (N-methyl/N-ethyl adjacent to an activating group) is 1. The standard InChI is InChI=1S/C13H15BrF3NO2/c1-3-20-7-6-18(2)12(19)9-4-5-11(14)10(8-9)13(15,16)17/h4-5,8H,3,6-7H2,1-2H3. The van der Waals surface area contributed by atoms with Crippen LogP contribution in [0.25, 0.3) is 0 Å². The Hall–Kier alpha value is -1.08. The van der Waals surface area contributed by atoms with E-state index in [4.69, 9.17) is 4.74 Å². The molecule has 0 atom stereocenters. The molecule has 112 valence electrons.